The van der Waals surface area contributed by atoms with E-state index in [1.54, 1.807) is 24.3 Å². The molecule has 0 saturated heterocycles. The summed E-state index contributed by atoms with van der Waals surface area (Å²) in [5.74, 6) is -0.358. The number of nitrogens with one attached hydrogen (secondary N) is 2. The molecule has 3 N–H and O–H groups in total. The highest BCUT2D eigenvalue weighted by Crippen LogP contribution is 2.21. The topological polar surface area (TPSA) is 78.0 Å². The van der Waals surface area contributed by atoms with E-state index in [4.69, 9.17) is 11.6 Å². The van der Waals surface area contributed by atoms with Gasteiger partial charge in [-0.3, -0.25) is 4.79 Å². The molecule has 1 aromatic heterocycles. The Kier molecular flexibility index (Phi) is 2.78. The summed E-state index contributed by atoms with van der Waals surface area (Å²) in [4.78, 5) is 17.3. The van der Waals surface area contributed by atoms with Crippen LogP contribution in [-0.4, -0.2) is 15.1 Å². The Balaban J connectivity index is 2.38. The van der Waals surface area contributed by atoms with Gasteiger partial charge in [0.1, 0.15) is 0 Å². The number of benzene rings is 1. The maximum atomic E-state index is 11.4. The van der Waals surface area contributed by atoms with E-state index in [1.165, 1.54) is 0 Å². The average Bonchev–Trinajstić information content (AvgIpc) is 2.24. The van der Waals surface area contributed by atoms with Gasteiger partial charge >= 0.3 is 0 Å². The van der Waals surface area contributed by atoms with Crippen molar-refractivity contribution in [3.8, 4) is 5.88 Å². The molecule has 0 aliphatic carbocycles. The summed E-state index contributed by atoms with van der Waals surface area (Å²) in [6, 6.07) is 6.79. The van der Waals surface area contributed by atoms with E-state index in [0.717, 1.165) is 6.33 Å². The van der Waals surface area contributed by atoms with Crippen LogP contribution in [-0.2, 0) is 0 Å². The molecule has 0 saturated carbocycles. The Morgan fingerprint density at radius 1 is 1.44 bits per heavy atom. The number of halogens is 1. The second-order valence-corrected chi connectivity index (χ2v) is 3.50. The van der Waals surface area contributed by atoms with Crippen molar-refractivity contribution in [2.75, 3.05) is 5.32 Å². The van der Waals surface area contributed by atoms with E-state index in [1.807, 2.05) is 0 Å². The fraction of sp³-hybridized carbons (Fsp3) is 0. The molecule has 0 aliphatic heterocycles. The van der Waals surface area contributed by atoms with Gasteiger partial charge in [0.25, 0.3) is 5.56 Å². The predicted octanol–water partition coefficient (Wildman–Crippen LogP) is 1.87. The van der Waals surface area contributed by atoms with Gasteiger partial charge in [-0.2, -0.15) is 0 Å². The van der Waals surface area contributed by atoms with Gasteiger partial charge in [0.15, 0.2) is 5.69 Å². The summed E-state index contributed by atoms with van der Waals surface area (Å²) in [5, 5.41) is 12.7. The minimum atomic E-state index is -0.451. The largest absolute Gasteiger partial charge is 0.492 e. The standard InChI is InChI=1S/C10H8ClN3O2/c11-6-2-1-3-7(4-6)14-8-9(15)12-5-13-10(8)16/h1-5,14H,(H2,12,13,15,16). The smallest absolute Gasteiger partial charge is 0.278 e. The number of nitrogens with zero attached hydrogens (tertiary/aromatic N) is 1. The monoisotopic (exact) mass is 237 g/mol. The fourth-order valence-corrected chi connectivity index (χ4v) is 1.40. The lowest BCUT2D eigenvalue weighted by molar-refractivity contribution is 0.454. The van der Waals surface area contributed by atoms with E-state index in [0.29, 0.717) is 10.7 Å². The van der Waals surface area contributed by atoms with Gasteiger partial charge in [-0.25, -0.2) is 4.98 Å². The average molecular weight is 238 g/mol. The molecule has 0 bridgehead atoms. The molecule has 5 nitrogen and oxygen atoms in total. The van der Waals surface area contributed by atoms with Crippen LogP contribution in [0.2, 0.25) is 5.02 Å². The van der Waals surface area contributed by atoms with Gasteiger partial charge in [0.2, 0.25) is 5.88 Å². The van der Waals surface area contributed by atoms with Gasteiger partial charge in [-0.15, -0.1) is 0 Å². The molecule has 0 aliphatic rings. The molecule has 1 heterocycles. The van der Waals surface area contributed by atoms with E-state index < -0.39 is 5.56 Å². The third-order valence-electron chi connectivity index (χ3n) is 1.93. The minimum absolute atomic E-state index is 0.00948. The van der Waals surface area contributed by atoms with Gasteiger partial charge in [0, 0.05) is 10.7 Å². The molecule has 0 spiro atoms. The molecule has 6 heteroatoms. The normalized spacial score (nSPS) is 10.1. The lowest BCUT2D eigenvalue weighted by atomic mass is 10.3. The predicted molar refractivity (Wildman–Crippen MR) is 61.3 cm³/mol. The molecule has 0 fully saturated rings. The summed E-state index contributed by atoms with van der Waals surface area (Å²) in [7, 11) is 0. The summed E-state index contributed by atoms with van der Waals surface area (Å²) >= 11 is 5.79. The summed E-state index contributed by atoms with van der Waals surface area (Å²) in [6.07, 6.45) is 1.13. The minimum Gasteiger partial charge on any atom is -0.492 e. The van der Waals surface area contributed by atoms with E-state index in [9.17, 15) is 9.90 Å². The maximum Gasteiger partial charge on any atom is 0.278 e. The lowest BCUT2D eigenvalue weighted by Crippen LogP contribution is -2.11. The van der Waals surface area contributed by atoms with Crippen molar-refractivity contribution in [3.63, 3.8) is 0 Å². The number of hydrogen-bond donors (Lipinski definition) is 3. The Hall–Kier alpha value is -2.01. The molecule has 0 unspecified atom stereocenters. The van der Waals surface area contributed by atoms with Crippen LogP contribution in [0.5, 0.6) is 5.88 Å². The SMILES string of the molecule is O=c1[nH]cnc(O)c1Nc1cccc(Cl)c1. The highest BCUT2D eigenvalue weighted by atomic mass is 35.5. The molecule has 2 rings (SSSR count). The van der Waals surface area contributed by atoms with Gasteiger partial charge in [-0.1, -0.05) is 17.7 Å². The highest BCUT2D eigenvalue weighted by molar-refractivity contribution is 6.30. The zero-order valence-corrected chi connectivity index (χ0v) is 8.82. The van der Waals surface area contributed by atoms with Crippen molar-refractivity contribution in [2.24, 2.45) is 0 Å². The van der Waals surface area contributed by atoms with Crippen molar-refractivity contribution < 1.29 is 5.11 Å². The van der Waals surface area contributed by atoms with Crippen LogP contribution >= 0.6 is 11.6 Å². The molecule has 1 aromatic carbocycles. The van der Waals surface area contributed by atoms with Crippen LogP contribution in [0.25, 0.3) is 0 Å². The maximum absolute atomic E-state index is 11.4. The van der Waals surface area contributed by atoms with Gasteiger partial charge < -0.3 is 15.4 Å². The third kappa shape index (κ3) is 2.14. The van der Waals surface area contributed by atoms with Crippen LogP contribution in [0.15, 0.2) is 35.4 Å². The molecule has 16 heavy (non-hydrogen) atoms. The second-order valence-electron chi connectivity index (χ2n) is 3.07. The Bertz CT molecular complexity index is 568. The fourth-order valence-electron chi connectivity index (χ4n) is 1.21. The molecule has 0 amide bonds. The molecule has 0 radical (unpaired) electrons. The quantitative estimate of drug-likeness (QED) is 0.745. The van der Waals surface area contributed by atoms with E-state index in [2.05, 4.69) is 15.3 Å². The zero-order chi connectivity index (χ0) is 11.5. The molecular formula is C10H8ClN3O2. The van der Waals surface area contributed by atoms with Crippen LogP contribution in [0.1, 0.15) is 0 Å². The van der Waals surface area contributed by atoms with Crippen molar-refractivity contribution in [2.45, 2.75) is 0 Å². The molecule has 0 atom stereocenters. The first-order valence-electron chi connectivity index (χ1n) is 4.46. The van der Waals surface area contributed by atoms with E-state index >= 15 is 0 Å². The lowest BCUT2D eigenvalue weighted by Gasteiger charge is -2.06. The summed E-state index contributed by atoms with van der Waals surface area (Å²) < 4.78 is 0. The number of H-pyrrole nitrogens is 1. The number of aromatic nitrogens is 2. The first-order chi connectivity index (χ1) is 7.66. The number of anilines is 2. The number of hydrogen-bond acceptors (Lipinski definition) is 4. The summed E-state index contributed by atoms with van der Waals surface area (Å²) in [5.41, 5.74) is 0.138. The van der Waals surface area contributed by atoms with Crippen LogP contribution in [0.4, 0.5) is 11.4 Å². The van der Waals surface area contributed by atoms with Crippen LogP contribution < -0.4 is 10.9 Å². The van der Waals surface area contributed by atoms with Gasteiger partial charge in [0.05, 0.1) is 6.33 Å². The van der Waals surface area contributed by atoms with Gasteiger partial charge in [-0.05, 0) is 18.2 Å². The van der Waals surface area contributed by atoms with Crippen molar-refractivity contribution >= 4 is 23.0 Å². The second kappa shape index (κ2) is 4.24. The number of aromatic amines is 1. The highest BCUT2D eigenvalue weighted by Gasteiger charge is 2.07. The summed E-state index contributed by atoms with van der Waals surface area (Å²) in [6.45, 7) is 0. The Morgan fingerprint density at radius 3 is 2.94 bits per heavy atom. The molecule has 82 valence electrons. The Morgan fingerprint density at radius 2 is 2.25 bits per heavy atom. The third-order valence-corrected chi connectivity index (χ3v) is 2.16. The first-order valence-corrected chi connectivity index (χ1v) is 4.84. The van der Waals surface area contributed by atoms with Crippen LogP contribution in [0, 0.1) is 0 Å². The number of aromatic hydroxyl groups is 1. The Labute approximate surface area is 95.7 Å². The molecular weight excluding hydrogens is 230 g/mol. The van der Waals surface area contributed by atoms with Crippen LogP contribution in [0.3, 0.4) is 0 Å². The zero-order valence-electron chi connectivity index (χ0n) is 8.07. The molecule has 2 aromatic rings. The first kappa shape index (κ1) is 10.5. The van der Waals surface area contributed by atoms with Crippen molar-refractivity contribution in [3.05, 3.63) is 46.0 Å². The van der Waals surface area contributed by atoms with Crippen molar-refractivity contribution in [1.29, 1.82) is 0 Å². The van der Waals surface area contributed by atoms with Crippen molar-refractivity contribution in [1.82, 2.24) is 9.97 Å². The van der Waals surface area contributed by atoms with E-state index in [-0.39, 0.29) is 11.6 Å². The number of rotatable bonds is 2.